The zero-order valence-electron chi connectivity index (χ0n) is 18.0. The number of benzene rings is 2. The fraction of sp³-hybridized carbons (Fsp3) is 0.292. The SMILES string of the molecule is COCc1nc2ccccc2c(C)c1C(=O)OCC(=O)Nc1c(C)cc(C)cc1C. The number of hydrogen-bond donors (Lipinski definition) is 1. The monoisotopic (exact) mass is 406 g/mol. The van der Waals surface area contributed by atoms with Crippen molar-refractivity contribution in [1.82, 2.24) is 4.98 Å². The molecule has 0 spiro atoms. The highest BCUT2D eigenvalue weighted by molar-refractivity contribution is 6.00. The van der Waals surface area contributed by atoms with Crippen molar-refractivity contribution in [2.45, 2.75) is 34.3 Å². The summed E-state index contributed by atoms with van der Waals surface area (Å²) in [5.41, 5.74) is 6.15. The number of aromatic nitrogens is 1. The number of rotatable bonds is 6. The molecule has 6 nitrogen and oxygen atoms in total. The van der Waals surface area contributed by atoms with E-state index in [0.29, 0.717) is 11.3 Å². The zero-order chi connectivity index (χ0) is 21.8. The highest BCUT2D eigenvalue weighted by Gasteiger charge is 2.21. The lowest BCUT2D eigenvalue weighted by Gasteiger charge is -2.15. The van der Waals surface area contributed by atoms with Crippen molar-refractivity contribution in [3.63, 3.8) is 0 Å². The number of methoxy groups -OCH3 is 1. The predicted molar refractivity (Wildman–Crippen MR) is 117 cm³/mol. The summed E-state index contributed by atoms with van der Waals surface area (Å²) in [6.45, 7) is 7.50. The Balaban J connectivity index is 1.79. The number of carbonyl (C=O) groups excluding carboxylic acids is 2. The molecule has 1 heterocycles. The van der Waals surface area contributed by atoms with Gasteiger partial charge in [-0.2, -0.15) is 0 Å². The summed E-state index contributed by atoms with van der Waals surface area (Å²) in [6, 6.07) is 11.6. The van der Waals surface area contributed by atoms with E-state index in [1.54, 1.807) is 7.11 Å². The van der Waals surface area contributed by atoms with Crippen molar-refractivity contribution in [1.29, 1.82) is 0 Å². The van der Waals surface area contributed by atoms with E-state index in [1.165, 1.54) is 0 Å². The molecule has 0 saturated carbocycles. The van der Waals surface area contributed by atoms with E-state index in [9.17, 15) is 9.59 Å². The lowest BCUT2D eigenvalue weighted by Crippen LogP contribution is -2.23. The molecule has 156 valence electrons. The number of nitrogens with one attached hydrogen (secondary N) is 1. The number of amides is 1. The Labute approximate surface area is 176 Å². The van der Waals surface area contributed by atoms with Gasteiger partial charge in [0.2, 0.25) is 0 Å². The summed E-state index contributed by atoms with van der Waals surface area (Å²) in [6.07, 6.45) is 0. The van der Waals surface area contributed by atoms with Gasteiger partial charge in [-0.3, -0.25) is 4.79 Å². The number of para-hydroxylation sites is 1. The molecular formula is C24H26N2O4. The van der Waals surface area contributed by atoms with Gasteiger partial charge in [-0.1, -0.05) is 35.9 Å². The van der Waals surface area contributed by atoms with Gasteiger partial charge in [-0.05, 0) is 50.5 Å². The number of anilines is 1. The number of carbonyl (C=O) groups is 2. The van der Waals surface area contributed by atoms with Gasteiger partial charge in [0.05, 0.1) is 23.4 Å². The van der Waals surface area contributed by atoms with E-state index in [2.05, 4.69) is 10.3 Å². The number of aryl methyl sites for hydroxylation is 4. The van der Waals surface area contributed by atoms with Crippen LogP contribution in [-0.2, 0) is 20.9 Å². The number of hydrogen-bond acceptors (Lipinski definition) is 5. The smallest absolute Gasteiger partial charge is 0.340 e. The quantitative estimate of drug-likeness (QED) is 0.614. The first-order valence-corrected chi connectivity index (χ1v) is 9.73. The molecule has 0 saturated heterocycles. The van der Waals surface area contributed by atoms with Crippen LogP contribution in [0.2, 0.25) is 0 Å². The molecule has 0 atom stereocenters. The second-order valence-electron chi connectivity index (χ2n) is 7.41. The Morgan fingerprint density at radius 1 is 1.03 bits per heavy atom. The minimum atomic E-state index is -0.592. The van der Waals surface area contributed by atoms with Crippen LogP contribution >= 0.6 is 0 Å². The van der Waals surface area contributed by atoms with Gasteiger partial charge >= 0.3 is 5.97 Å². The van der Waals surface area contributed by atoms with Crippen LogP contribution in [0.4, 0.5) is 5.69 Å². The summed E-state index contributed by atoms with van der Waals surface area (Å²) < 4.78 is 10.5. The third kappa shape index (κ3) is 4.49. The first kappa shape index (κ1) is 21.5. The molecule has 3 rings (SSSR count). The molecule has 0 aliphatic carbocycles. The third-order valence-electron chi connectivity index (χ3n) is 4.99. The molecule has 3 aromatic rings. The number of pyridine rings is 1. The molecule has 30 heavy (non-hydrogen) atoms. The first-order chi connectivity index (χ1) is 14.3. The second kappa shape index (κ2) is 9.05. The van der Waals surface area contributed by atoms with Gasteiger partial charge in [0.1, 0.15) is 0 Å². The topological polar surface area (TPSA) is 77.5 Å². The Morgan fingerprint density at radius 2 is 1.70 bits per heavy atom. The van der Waals surface area contributed by atoms with E-state index in [-0.39, 0.29) is 13.2 Å². The fourth-order valence-corrected chi connectivity index (χ4v) is 3.71. The standard InChI is InChI=1S/C24H26N2O4/c1-14-10-15(2)23(16(3)11-14)26-21(27)13-30-24(28)22-17(4)18-8-6-7-9-19(18)25-20(22)12-29-5/h6-11H,12-13H2,1-5H3,(H,26,27). The Bertz CT molecular complexity index is 1100. The fourth-order valence-electron chi connectivity index (χ4n) is 3.71. The maximum absolute atomic E-state index is 12.8. The van der Waals surface area contributed by atoms with Crippen molar-refractivity contribution in [3.05, 3.63) is 69.9 Å². The highest BCUT2D eigenvalue weighted by Crippen LogP contribution is 2.25. The highest BCUT2D eigenvalue weighted by atomic mass is 16.5. The minimum absolute atomic E-state index is 0.171. The lowest BCUT2D eigenvalue weighted by molar-refractivity contribution is -0.119. The molecule has 2 aromatic carbocycles. The first-order valence-electron chi connectivity index (χ1n) is 9.73. The van der Waals surface area contributed by atoms with Crippen molar-refractivity contribution in [2.75, 3.05) is 19.0 Å². The summed E-state index contributed by atoms with van der Waals surface area (Å²) in [5, 5.41) is 3.70. The van der Waals surface area contributed by atoms with Crippen molar-refractivity contribution in [2.24, 2.45) is 0 Å². The Morgan fingerprint density at radius 3 is 2.37 bits per heavy atom. The number of esters is 1. The number of ether oxygens (including phenoxy) is 2. The average molecular weight is 406 g/mol. The van der Waals surface area contributed by atoms with Crippen molar-refractivity contribution < 1.29 is 19.1 Å². The van der Waals surface area contributed by atoms with Crippen LogP contribution in [0.3, 0.4) is 0 Å². The van der Waals surface area contributed by atoms with Crippen LogP contribution in [0.1, 0.15) is 38.3 Å². The molecule has 0 bridgehead atoms. The van der Waals surface area contributed by atoms with E-state index in [1.807, 2.05) is 64.1 Å². The van der Waals surface area contributed by atoms with Gasteiger partial charge in [0, 0.05) is 18.2 Å². The zero-order valence-corrected chi connectivity index (χ0v) is 18.0. The van der Waals surface area contributed by atoms with E-state index >= 15 is 0 Å². The number of nitrogens with zero attached hydrogens (tertiary/aromatic N) is 1. The van der Waals surface area contributed by atoms with Gasteiger partial charge in [-0.25, -0.2) is 9.78 Å². The largest absolute Gasteiger partial charge is 0.452 e. The van der Waals surface area contributed by atoms with Crippen LogP contribution in [-0.4, -0.2) is 30.6 Å². The van der Waals surface area contributed by atoms with Crippen molar-refractivity contribution >= 4 is 28.5 Å². The second-order valence-corrected chi connectivity index (χ2v) is 7.41. The van der Waals surface area contributed by atoms with Crippen LogP contribution in [0.15, 0.2) is 36.4 Å². The maximum atomic E-state index is 12.8. The molecule has 1 aromatic heterocycles. The minimum Gasteiger partial charge on any atom is -0.452 e. The van der Waals surface area contributed by atoms with Crippen LogP contribution < -0.4 is 5.32 Å². The van der Waals surface area contributed by atoms with Crippen LogP contribution in [0.5, 0.6) is 0 Å². The van der Waals surface area contributed by atoms with E-state index < -0.39 is 11.9 Å². The average Bonchev–Trinajstić information content (AvgIpc) is 2.69. The molecule has 6 heteroatoms. The van der Waals surface area contributed by atoms with Gasteiger partial charge < -0.3 is 14.8 Å². The van der Waals surface area contributed by atoms with Crippen molar-refractivity contribution in [3.8, 4) is 0 Å². The molecule has 0 aliphatic rings. The van der Waals surface area contributed by atoms with Gasteiger partial charge in [-0.15, -0.1) is 0 Å². The number of fused-ring (bicyclic) bond motifs is 1. The third-order valence-corrected chi connectivity index (χ3v) is 4.99. The van der Waals surface area contributed by atoms with Gasteiger partial charge in [0.25, 0.3) is 5.91 Å². The normalized spacial score (nSPS) is 10.8. The van der Waals surface area contributed by atoms with Crippen LogP contribution in [0, 0.1) is 27.7 Å². The Kier molecular flexibility index (Phi) is 6.47. The Hall–Kier alpha value is -3.25. The van der Waals surface area contributed by atoms with Gasteiger partial charge in [0.15, 0.2) is 6.61 Å². The summed E-state index contributed by atoms with van der Waals surface area (Å²) >= 11 is 0. The molecule has 0 unspecified atom stereocenters. The molecule has 0 fully saturated rings. The lowest BCUT2D eigenvalue weighted by atomic mass is 10.0. The van der Waals surface area contributed by atoms with Crippen LogP contribution in [0.25, 0.3) is 10.9 Å². The van der Waals surface area contributed by atoms with E-state index in [0.717, 1.165) is 38.8 Å². The predicted octanol–water partition coefficient (Wildman–Crippen LogP) is 4.41. The maximum Gasteiger partial charge on any atom is 0.340 e. The molecule has 1 N–H and O–H groups in total. The summed E-state index contributed by atoms with van der Waals surface area (Å²) in [7, 11) is 1.54. The summed E-state index contributed by atoms with van der Waals surface area (Å²) in [5.74, 6) is -0.983. The molecule has 1 amide bonds. The molecular weight excluding hydrogens is 380 g/mol. The molecule has 0 radical (unpaired) electrons. The molecule has 0 aliphatic heterocycles. The summed E-state index contributed by atoms with van der Waals surface area (Å²) in [4.78, 5) is 29.8. The van der Waals surface area contributed by atoms with E-state index in [4.69, 9.17) is 9.47 Å².